The second-order valence-corrected chi connectivity index (χ2v) is 7.74. The zero-order valence-corrected chi connectivity index (χ0v) is 17.3. The number of benzene rings is 2. The molecule has 0 radical (unpaired) electrons. The predicted molar refractivity (Wildman–Crippen MR) is 116 cm³/mol. The summed E-state index contributed by atoms with van der Waals surface area (Å²) in [5.74, 6) is 0.544. The Kier molecular flexibility index (Phi) is 5.97. The Balaban J connectivity index is 1.81. The molecule has 0 atom stereocenters. The summed E-state index contributed by atoms with van der Waals surface area (Å²) >= 11 is 0. The molecule has 1 aliphatic heterocycles. The molecule has 0 bridgehead atoms. The molecule has 1 aliphatic rings. The predicted octanol–water partition coefficient (Wildman–Crippen LogP) is 4.61. The fourth-order valence-electron chi connectivity index (χ4n) is 3.50. The van der Waals surface area contributed by atoms with Crippen molar-refractivity contribution in [1.82, 2.24) is 0 Å². The van der Waals surface area contributed by atoms with Gasteiger partial charge in [0.2, 0.25) is 5.91 Å². The van der Waals surface area contributed by atoms with Gasteiger partial charge in [-0.15, -0.1) is 0 Å². The number of carbonyl (C=O) groups excluding carboxylic acids is 2. The Labute approximate surface area is 171 Å². The summed E-state index contributed by atoms with van der Waals surface area (Å²) in [5.41, 5.74) is 3.92. The number of aliphatic imine (C=N–C) groups is 1. The minimum Gasteiger partial charge on any atom is -0.497 e. The van der Waals surface area contributed by atoms with Crippen molar-refractivity contribution in [2.24, 2.45) is 4.99 Å². The van der Waals surface area contributed by atoms with E-state index in [0.29, 0.717) is 11.3 Å². The van der Waals surface area contributed by atoms with Crippen LogP contribution < -0.4 is 10.1 Å². The molecule has 3 rings (SSSR count). The van der Waals surface area contributed by atoms with E-state index >= 15 is 0 Å². The quantitative estimate of drug-likeness (QED) is 0.579. The zero-order valence-electron chi connectivity index (χ0n) is 17.3. The molecule has 5 heteroatoms. The summed E-state index contributed by atoms with van der Waals surface area (Å²) < 4.78 is 5.35. The Morgan fingerprint density at radius 1 is 1.17 bits per heavy atom. The molecule has 150 valence electrons. The highest BCUT2D eigenvalue weighted by molar-refractivity contribution is 6.17. The van der Waals surface area contributed by atoms with Crippen LogP contribution in [0.3, 0.4) is 0 Å². The van der Waals surface area contributed by atoms with Gasteiger partial charge in [0.1, 0.15) is 5.75 Å². The standard InChI is InChI=1S/C24H26N2O3/c1-5-6-23(28)25-18-10-7-16(8-11-18)22(27)14-21-20-13-19(29-4)12-9-17(20)15-24(2,3)26-21/h5-13H,14-15H2,1-4H3,(H,25,28). The molecule has 0 saturated carbocycles. The topological polar surface area (TPSA) is 67.8 Å². The van der Waals surface area contributed by atoms with Gasteiger partial charge in [0, 0.05) is 16.8 Å². The second-order valence-electron chi connectivity index (χ2n) is 7.74. The van der Waals surface area contributed by atoms with Crippen LogP contribution in [0.1, 0.15) is 48.7 Å². The minimum atomic E-state index is -0.252. The van der Waals surface area contributed by atoms with E-state index < -0.39 is 0 Å². The van der Waals surface area contributed by atoms with Crippen molar-refractivity contribution in [2.45, 2.75) is 39.2 Å². The van der Waals surface area contributed by atoms with Crippen LogP contribution in [0.2, 0.25) is 0 Å². The number of amides is 1. The van der Waals surface area contributed by atoms with Crippen molar-refractivity contribution < 1.29 is 14.3 Å². The Morgan fingerprint density at radius 3 is 2.55 bits per heavy atom. The van der Waals surface area contributed by atoms with Crippen LogP contribution in [0.15, 0.2) is 59.6 Å². The van der Waals surface area contributed by atoms with Crippen LogP contribution in [0, 0.1) is 0 Å². The lowest BCUT2D eigenvalue weighted by Gasteiger charge is -2.29. The van der Waals surface area contributed by atoms with Crippen LogP contribution >= 0.6 is 0 Å². The smallest absolute Gasteiger partial charge is 0.248 e. The molecule has 2 aromatic rings. The maximum Gasteiger partial charge on any atom is 0.248 e. The molecule has 1 N–H and O–H groups in total. The molecule has 0 aromatic heterocycles. The highest BCUT2D eigenvalue weighted by Gasteiger charge is 2.28. The second kappa shape index (κ2) is 8.43. The SMILES string of the molecule is CC=CC(=O)Nc1ccc(C(=O)CC2=NC(C)(C)Cc3ccc(OC)cc32)cc1. The van der Waals surface area contributed by atoms with E-state index in [2.05, 4.69) is 25.2 Å². The number of nitrogens with zero attached hydrogens (tertiary/aromatic N) is 1. The number of anilines is 1. The normalized spacial score (nSPS) is 14.8. The Hall–Kier alpha value is -3.21. The minimum absolute atomic E-state index is 0.0125. The average molecular weight is 390 g/mol. The Bertz CT molecular complexity index is 986. The zero-order chi connectivity index (χ0) is 21.0. The molecule has 1 heterocycles. The molecule has 0 fully saturated rings. The molecule has 0 unspecified atom stereocenters. The summed E-state index contributed by atoms with van der Waals surface area (Å²) in [6.07, 6.45) is 4.17. The lowest BCUT2D eigenvalue weighted by Crippen LogP contribution is -2.30. The summed E-state index contributed by atoms with van der Waals surface area (Å²) in [7, 11) is 1.63. The van der Waals surface area contributed by atoms with Crippen LogP contribution in [0.4, 0.5) is 5.69 Å². The number of rotatable bonds is 6. The number of nitrogens with one attached hydrogen (secondary N) is 1. The number of fused-ring (bicyclic) bond motifs is 1. The van der Waals surface area contributed by atoms with Crippen LogP contribution in [0.25, 0.3) is 0 Å². The highest BCUT2D eigenvalue weighted by Crippen LogP contribution is 2.31. The van der Waals surface area contributed by atoms with Crippen molar-refractivity contribution in [2.75, 3.05) is 12.4 Å². The van der Waals surface area contributed by atoms with Crippen molar-refractivity contribution in [3.63, 3.8) is 0 Å². The van der Waals surface area contributed by atoms with E-state index in [9.17, 15) is 9.59 Å². The molecule has 2 aromatic carbocycles. The van der Waals surface area contributed by atoms with Crippen molar-refractivity contribution in [3.8, 4) is 5.75 Å². The maximum atomic E-state index is 12.9. The molecular formula is C24H26N2O3. The fraction of sp³-hybridized carbons (Fsp3) is 0.292. The molecule has 1 amide bonds. The van der Waals surface area contributed by atoms with Gasteiger partial charge in [-0.05, 0) is 75.2 Å². The molecule has 0 spiro atoms. The average Bonchev–Trinajstić information content (AvgIpc) is 2.67. The number of allylic oxidation sites excluding steroid dienone is 1. The Morgan fingerprint density at radius 2 is 1.90 bits per heavy atom. The number of carbonyl (C=O) groups is 2. The first-order chi connectivity index (χ1) is 13.8. The number of methoxy groups -OCH3 is 1. The van der Waals surface area contributed by atoms with E-state index in [1.807, 2.05) is 12.1 Å². The van der Waals surface area contributed by atoms with Gasteiger partial charge in [-0.2, -0.15) is 0 Å². The van der Waals surface area contributed by atoms with Crippen molar-refractivity contribution >= 4 is 23.1 Å². The number of ether oxygens (including phenoxy) is 1. The summed E-state index contributed by atoms with van der Waals surface area (Å²) in [6, 6.07) is 12.9. The number of Topliss-reactive ketones (excluding diaryl/α,β-unsaturated/α-hetero) is 1. The third-order valence-electron chi connectivity index (χ3n) is 4.81. The van der Waals surface area contributed by atoms with Crippen LogP contribution in [-0.2, 0) is 11.2 Å². The first kappa shape index (κ1) is 20.5. The van der Waals surface area contributed by atoms with Gasteiger partial charge in [-0.3, -0.25) is 14.6 Å². The lowest BCUT2D eigenvalue weighted by molar-refractivity contribution is -0.111. The summed E-state index contributed by atoms with van der Waals surface area (Å²) in [5, 5.41) is 2.75. The number of hydrogen-bond acceptors (Lipinski definition) is 4. The number of ketones is 1. The maximum absolute atomic E-state index is 12.9. The third kappa shape index (κ3) is 4.99. The van der Waals surface area contributed by atoms with Gasteiger partial charge in [0.25, 0.3) is 0 Å². The van der Waals surface area contributed by atoms with Gasteiger partial charge < -0.3 is 10.1 Å². The monoisotopic (exact) mass is 390 g/mol. The van der Waals surface area contributed by atoms with E-state index in [1.165, 1.54) is 11.6 Å². The van der Waals surface area contributed by atoms with Gasteiger partial charge in [-0.1, -0.05) is 12.1 Å². The van der Waals surface area contributed by atoms with Gasteiger partial charge in [-0.25, -0.2) is 0 Å². The largest absolute Gasteiger partial charge is 0.497 e. The highest BCUT2D eigenvalue weighted by atomic mass is 16.5. The van der Waals surface area contributed by atoms with E-state index in [-0.39, 0.29) is 23.7 Å². The van der Waals surface area contributed by atoms with Gasteiger partial charge in [0.15, 0.2) is 5.78 Å². The van der Waals surface area contributed by atoms with Crippen LogP contribution in [0.5, 0.6) is 5.75 Å². The van der Waals surface area contributed by atoms with Crippen LogP contribution in [-0.4, -0.2) is 30.1 Å². The van der Waals surface area contributed by atoms with Gasteiger partial charge in [0.05, 0.1) is 24.8 Å². The molecule has 0 saturated heterocycles. The van der Waals surface area contributed by atoms with Crippen molar-refractivity contribution in [1.29, 1.82) is 0 Å². The molecule has 29 heavy (non-hydrogen) atoms. The third-order valence-corrected chi connectivity index (χ3v) is 4.81. The fourth-order valence-corrected chi connectivity index (χ4v) is 3.50. The molecular weight excluding hydrogens is 364 g/mol. The summed E-state index contributed by atoms with van der Waals surface area (Å²) in [6.45, 7) is 5.93. The van der Waals surface area contributed by atoms with E-state index in [1.54, 1.807) is 44.4 Å². The first-order valence-electron chi connectivity index (χ1n) is 9.64. The molecule has 5 nitrogen and oxygen atoms in total. The summed E-state index contributed by atoms with van der Waals surface area (Å²) in [4.78, 5) is 29.4. The van der Waals surface area contributed by atoms with Crippen molar-refractivity contribution in [3.05, 3.63) is 71.3 Å². The van der Waals surface area contributed by atoms with E-state index in [4.69, 9.17) is 9.73 Å². The van der Waals surface area contributed by atoms with E-state index in [0.717, 1.165) is 23.4 Å². The van der Waals surface area contributed by atoms with Gasteiger partial charge >= 0.3 is 0 Å². The molecule has 0 aliphatic carbocycles. The first-order valence-corrected chi connectivity index (χ1v) is 9.64. The lowest BCUT2D eigenvalue weighted by atomic mass is 9.85. The number of hydrogen-bond donors (Lipinski definition) is 1.